The Bertz CT molecular complexity index is 922. The average Bonchev–Trinajstić information content (AvgIpc) is 2.71. The maximum absolute atomic E-state index is 11.8. The Morgan fingerprint density at radius 1 is 0.778 bits per heavy atom. The quantitative estimate of drug-likeness (QED) is 0.718. The Labute approximate surface area is 157 Å². The molecule has 0 radical (unpaired) electrons. The molecule has 0 bridgehead atoms. The van der Waals surface area contributed by atoms with E-state index in [2.05, 4.69) is 9.97 Å². The van der Waals surface area contributed by atoms with Crippen LogP contribution in [0.25, 0.3) is 24.3 Å². The molecule has 0 aliphatic heterocycles. The molecule has 3 rings (SSSR count). The molecule has 1 aromatic heterocycles. The fourth-order valence-corrected chi connectivity index (χ4v) is 2.47. The van der Waals surface area contributed by atoms with E-state index in [1.165, 1.54) is 0 Å². The van der Waals surface area contributed by atoms with Crippen molar-refractivity contribution in [1.29, 1.82) is 0 Å². The Morgan fingerprint density at radius 3 is 1.81 bits per heavy atom. The fraction of sp³-hybridized carbons (Fsp3) is 0.0909. The van der Waals surface area contributed by atoms with E-state index in [1.54, 1.807) is 14.2 Å². The molecule has 0 saturated heterocycles. The first-order valence-electron chi connectivity index (χ1n) is 8.42. The molecule has 1 heterocycles. The summed E-state index contributed by atoms with van der Waals surface area (Å²) < 4.78 is 10.3. The number of methoxy groups -OCH3 is 2. The minimum atomic E-state index is -0.388. The highest BCUT2D eigenvalue weighted by molar-refractivity contribution is 5.72. The second kappa shape index (κ2) is 8.67. The normalized spacial score (nSPS) is 11.2. The van der Waals surface area contributed by atoms with Gasteiger partial charge in [-0.2, -0.15) is 4.98 Å². The van der Waals surface area contributed by atoms with Gasteiger partial charge < -0.3 is 14.5 Å². The van der Waals surface area contributed by atoms with Crippen molar-refractivity contribution in [2.45, 2.75) is 0 Å². The van der Waals surface area contributed by atoms with Crippen LogP contribution in [0.4, 0.5) is 0 Å². The zero-order valence-electron chi connectivity index (χ0n) is 15.2. The highest BCUT2D eigenvalue weighted by atomic mass is 16.5. The van der Waals surface area contributed by atoms with Crippen LogP contribution in [0.1, 0.15) is 22.5 Å². The minimum Gasteiger partial charge on any atom is -0.497 e. The molecule has 27 heavy (non-hydrogen) atoms. The molecular weight excluding hydrogens is 340 g/mol. The maximum atomic E-state index is 11.8. The molecule has 1 N–H and O–H groups in total. The summed E-state index contributed by atoms with van der Waals surface area (Å²) in [6, 6.07) is 17.1. The highest BCUT2D eigenvalue weighted by Crippen LogP contribution is 2.15. The number of benzene rings is 2. The maximum Gasteiger partial charge on any atom is 0.345 e. The van der Waals surface area contributed by atoms with Gasteiger partial charge in [-0.05, 0) is 53.6 Å². The summed E-state index contributed by atoms with van der Waals surface area (Å²) in [4.78, 5) is 18.5. The predicted molar refractivity (Wildman–Crippen MR) is 109 cm³/mol. The zero-order chi connectivity index (χ0) is 19.1. The predicted octanol–water partition coefficient (Wildman–Crippen LogP) is 4.13. The Morgan fingerprint density at radius 2 is 1.30 bits per heavy atom. The first-order chi connectivity index (χ1) is 13.2. The number of rotatable bonds is 6. The lowest BCUT2D eigenvalue weighted by atomic mass is 10.1. The first-order valence-corrected chi connectivity index (χ1v) is 8.42. The SMILES string of the molecule is COc1ccc(/C=C\c2cc(/C=C/c3ccc(OC)cc3)nc(=O)[nH]2)cc1. The second-order valence-electron chi connectivity index (χ2n) is 5.78. The van der Waals surface area contributed by atoms with Gasteiger partial charge in [0.2, 0.25) is 0 Å². The molecule has 0 spiro atoms. The molecule has 0 saturated carbocycles. The molecule has 0 aliphatic carbocycles. The number of ether oxygens (including phenoxy) is 2. The molecule has 0 amide bonds. The van der Waals surface area contributed by atoms with Crippen molar-refractivity contribution in [3.63, 3.8) is 0 Å². The second-order valence-corrected chi connectivity index (χ2v) is 5.78. The van der Waals surface area contributed by atoms with Crippen LogP contribution in [-0.2, 0) is 0 Å². The first kappa shape index (κ1) is 18.2. The van der Waals surface area contributed by atoms with E-state index >= 15 is 0 Å². The van der Waals surface area contributed by atoms with E-state index in [4.69, 9.17) is 9.47 Å². The summed E-state index contributed by atoms with van der Waals surface area (Å²) >= 11 is 0. The molecule has 3 aromatic rings. The summed E-state index contributed by atoms with van der Waals surface area (Å²) in [5.41, 5.74) is 2.88. The van der Waals surface area contributed by atoms with Crippen LogP contribution in [0.5, 0.6) is 11.5 Å². The van der Waals surface area contributed by atoms with Gasteiger partial charge in [-0.25, -0.2) is 4.79 Å². The third-order valence-corrected chi connectivity index (χ3v) is 3.92. The van der Waals surface area contributed by atoms with Gasteiger partial charge in [0.25, 0.3) is 0 Å². The minimum absolute atomic E-state index is 0.388. The molecule has 0 aliphatic rings. The lowest BCUT2D eigenvalue weighted by molar-refractivity contribution is 0.414. The highest BCUT2D eigenvalue weighted by Gasteiger charge is 1.97. The van der Waals surface area contributed by atoms with E-state index in [-0.39, 0.29) is 5.69 Å². The molecule has 5 heteroatoms. The van der Waals surface area contributed by atoms with E-state index in [1.807, 2.05) is 78.9 Å². The molecule has 2 aromatic carbocycles. The van der Waals surface area contributed by atoms with Crippen LogP contribution >= 0.6 is 0 Å². The van der Waals surface area contributed by atoms with Crippen molar-refractivity contribution < 1.29 is 9.47 Å². The van der Waals surface area contributed by atoms with Crippen LogP contribution in [0.15, 0.2) is 59.4 Å². The van der Waals surface area contributed by atoms with Crippen molar-refractivity contribution in [3.8, 4) is 11.5 Å². The summed E-state index contributed by atoms with van der Waals surface area (Å²) in [5, 5.41) is 0. The van der Waals surface area contributed by atoms with Crippen molar-refractivity contribution in [1.82, 2.24) is 9.97 Å². The van der Waals surface area contributed by atoms with Gasteiger partial charge in [0.15, 0.2) is 0 Å². The number of aromatic amines is 1. The van der Waals surface area contributed by atoms with Gasteiger partial charge in [-0.3, -0.25) is 0 Å². The fourth-order valence-electron chi connectivity index (χ4n) is 2.47. The lowest BCUT2D eigenvalue weighted by Crippen LogP contribution is -2.12. The van der Waals surface area contributed by atoms with Gasteiger partial charge in [0.1, 0.15) is 11.5 Å². The van der Waals surface area contributed by atoms with E-state index < -0.39 is 0 Å². The number of nitrogens with one attached hydrogen (secondary N) is 1. The third kappa shape index (κ3) is 5.19. The summed E-state index contributed by atoms with van der Waals surface area (Å²) in [6.45, 7) is 0. The number of H-pyrrole nitrogens is 1. The van der Waals surface area contributed by atoms with Crippen LogP contribution in [0.3, 0.4) is 0 Å². The van der Waals surface area contributed by atoms with Crippen molar-refractivity contribution in [2.24, 2.45) is 0 Å². The third-order valence-electron chi connectivity index (χ3n) is 3.92. The zero-order valence-corrected chi connectivity index (χ0v) is 15.2. The molecule has 5 nitrogen and oxygen atoms in total. The average molecular weight is 360 g/mol. The van der Waals surface area contributed by atoms with Gasteiger partial charge in [-0.15, -0.1) is 0 Å². The Balaban J connectivity index is 1.77. The van der Waals surface area contributed by atoms with Crippen molar-refractivity contribution in [2.75, 3.05) is 14.2 Å². The molecule has 0 fully saturated rings. The van der Waals surface area contributed by atoms with Crippen LogP contribution in [0, 0.1) is 0 Å². The summed E-state index contributed by atoms with van der Waals surface area (Å²) in [6.07, 6.45) is 7.47. The van der Waals surface area contributed by atoms with E-state index in [9.17, 15) is 4.79 Å². The van der Waals surface area contributed by atoms with Gasteiger partial charge in [-0.1, -0.05) is 36.4 Å². The topological polar surface area (TPSA) is 64.2 Å². The monoisotopic (exact) mass is 360 g/mol. The van der Waals surface area contributed by atoms with E-state index in [0.29, 0.717) is 11.4 Å². The Kier molecular flexibility index (Phi) is 5.84. The van der Waals surface area contributed by atoms with E-state index in [0.717, 1.165) is 22.6 Å². The number of aromatic nitrogens is 2. The summed E-state index contributed by atoms with van der Waals surface area (Å²) in [5.74, 6) is 1.60. The molecule has 0 unspecified atom stereocenters. The molecule has 136 valence electrons. The lowest BCUT2D eigenvalue weighted by Gasteiger charge is -2.00. The molecule has 0 atom stereocenters. The Hall–Kier alpha value is -3.60. The van der Waals surface area contributed by atoms with Gasteiger partial charge in [0.05, 0.1) is 19.9 Å². The summed E-state index contributed by atoms with van der Waals surface area (Å²) in [7, 11) is 3.26. The standard InChI is InChI=1S/C22H20N2O3/c1-26-20-11-5-16(6-12-20)3-9-18-15-19(24-22(25)23-18)10-4-17-7-13-21(27-2)14-8-17/h3-15H,1-2H3,(H,23,24,25)/b9-3-,10-4+. The van der Waals surface area contributed by atoms with Crippen molar-refractivity contribution >= 4 is 24.3 Å². The van der Waals surface area contributed by atoms with Crippen molar-refractivity contribution in [3.05, 3.63) is 87.6 Å². The van der Waals surface area contributed by atoms with Crippen LogP contribution in [-0.4, -0.2) is 24.2 Å². The van der Waals surface area contributed by atoms with Crippen LogP contribution < -0.4 is 15.2 Å². The number of hydrogen-bond acceptors (Lipinski definition) is 4. The number of nitrogens with zero attached hydrogens (tertiary/aromatic N) is 1. The largest absolute Gasteiger partial charge is 0.497 e. The smallest absolute Gasteiger partial charge is 0.345 e. The van der Waals surface area contributed by atoms with Gasteiger partial charge in [0, 0.05) is 5.69 Å². The van der Waals surface area contributed by atoms with Gasteiger partial charge >= 0.3 is 5.69 Å². The molecular formula is C22H20N2O3. The number of hydrogen-bond donors (Lipinski definition) is 1. The van der Waals surface area contributed by atoms with Crippen LogP contribution in [0.2, 0.25) is 0 Å².